The van der Waals surface area contributed by atoms with Crippen LogP contribution in [0.3, 0.4) is 0 Å². The van der Waals surface area contributed by atoms with E-state index in [2.05, 4.69) is 13.5 Å². The summed E-state index contributed by atoms with van der Waals surface area (Å²) < 4.78 is 53.6. The van der Waals surface area contributed by atoms with Crippen LogP contribution in [0.1, 0.15) is 26.7 Å². The minimum Gasteiger partial charge on any atom is -0.460 e. The predicted molar refractivity (Wildman–Crippen MR) is 138 cm³/mol. The van der Waals surface area contributed by atoms with E-state index in [1.807, 2.05) is 0 Å². The Balaban J connectivity index is 3.05. The average Bonchev–Trinajstić information content (AvgIpc) is 2.89. The second-order valence-corrected chi connectivity index (χ2v) is 7.78. The summed E-state index contributed by atoms with van der Waals surface area (Å²) in [7, 11) is 0. The molecule has 220 valence electrons. The Kier molecular flexibility index (Phi) is 30.1. The SMILES string of the molecule is C=C(C)C(=O)OCCOCCOCCOCCOCCOCCOCCOCCOCCOCCCC. The molecule has 11 heteroatoms. The minimum atomic E-state index is -0.409. The maximum Gasteiger partial charge on any atom is 0.333 e. The Bertz CT molecular complexity index is 491. The minimum absolute atomic E-state index is 0.205. The van der Waals surface area contributed by atoms with Gasteiger partial charge < -0.3 is 47.4 Å². The summed E-state index contributed by atoms with van der Waals surface area (Å²) in [5.41, 5.74) is 0.374. The van der Waals surface area contributed by atoms with E-state index in [0.717, 1.165) is 19.4 Å². The molecule has 0 saturated carbocycles. The van der Waals surface area contributed by atoms with Crippen molar-refractivity contribution in [2.45, 2.75) is 26.7 Å². The molecule has 0 N–H and O–H groups in total. The third-order valence-corrected chi connectivity index (χ3v) is 4.43. The fraction of sp³-hybridized carbons (Fsp3) is 0.885. The van der Waals surface area contributed by atoms with E-state index in [0.29, 0.717) is 118 Å². The molecule has 0 heterocycles. The third-order valence-electron chi connectivity index (χ3n) is 4.43. The summed E-state index contributed by atoms with van der Waals surface area (Å²) in [5, 5.41) is 0. The van der Waals surface area contributed by atoms with Crippen LogP contribution in [0, 0.1) is 0 Å². The molecule has 0 aliphatic heterocycles. The first-order valence-corrected chi connectivity index (χ1v) is 13.2. The van der Waals surface area contributed by atoms with Crippen LogP contribution in [0.4, 0.5) is 0 Å². The molecule has 0 unspecified atom stereocenters. The number of esters is 1. The predicted octanol–water partition coefficient (Wildman–Crippen LogP) is 2.06. The lowest BCUT2D eigenvalue weighted by Crippen LogP contribution is -2.15. The lowest BCUT2D eigenvalue weighted by Gasteiger charge is -2.09. The van der Waals surface area contributed by atoms with Gasteiger partial charge in [0, 0.05) is 12.2 Å². The van der Waals surface area contributed by atoms with E-state index in [9.17, 15) is 4.79 Å². The van der Waals surface area contributed by atoms with E-state index >= 15 is 0 Å². The molecular weight excluding hydrogens is 488 g/mol. The molecular formula is C26H50O11. The zero-order valence-electron chi connectivity index (χ0n) is 23.0. The van der Waals surface area contributed by atoms with Crippen LogP contribution in [0.25, 0.3) is 0 Å². The highest BCUT2D eigenvalue weighted by Crippen LogP contribution is 1.92. The highest BCUT2D eigenvalue weighted by atomic mass is 16.6. The Morgan fingerprint density at radius 3 is 0.946 bits per heavy atom. The number of ether oxygens (including phenoxy) is 10. The smallest absolute Gasteiger partial charge is 0.333 e. The third kappa shape index (κ3) is 31.0. The summed E-state index contributed by atoms with van der Waals surface area (Å²) in [5.74, 6) is -0.409. The molecule has 0 aromatic carbocycles. The quantitative estimate of drug-likeness (QED) is 0.0735. The Labute approximate surface area is 222 Å². The first kappa shape index (κ1) is 35.9. The van der Waals surface area contributed by atoms with Crippen LogP contribution in [-0.4, -0.2) is 132 Å². The summed E-state index contributed by atoms with van der Waals surface area (Å²) in [6.07, 6.45) is 2.24. The van der Waals surface area contributed by atoms with Crippen LogP contribution < -0.4 is 0 Å². The molecule has 0 aromatic heterocycles. The van der Waals surface area contributed by atoms with Crippen molar-refractivity contribution < 1.29 is 52.2 Å². The van der Waals surface area contributed by atoms with Crippen LogP contribution in [0.2, 0.25) is 0 Å². The van der Waals surface area contributed by atoms with Crippen molar-refractivity contribution in [3.05, 3.63) is 12.2 Å². The van der Waals surface area contributed by atoms with Gasteiger partial charge in [-0.15, -0.1) is 0 Å². The number of hydrogen-bond donors (Lipinski definition) is 0. The lowest BCUT2D eigenvalue weighted by atomic mass is 10.4. The lowest BCUT2D eigenvalue weighted by molar-refractivity contribution is -0.140. The molecule has 37 heavy (non-hydrogen) atoms. The molecule has 0 aliphatic rings. The molecule has 0 saturated heterocycles. The zero-order chi connectivity index (χ0) is 27.1. The van der Waals surface area contributed by atoms with Crippen molar-refractivity contribution in [3.8, 4) is 0 Å². The van der Waals surface area contributed by atoms with Crippen LogP contribution in [0.5, 0.6) is 0 Å². The first-order chi connectivity index (χ1) is 18.2. The van der Waals surface area contributed by atoms with E-state index in [-0.39, 0.29) is 6.61 Å². The average molecular weight is 539 g/mol. The normalized spacial score (nSPS) is 11.2. The second kappa shape index (κ2) is 31.1. The number of carbonyl (C=O) groups is 1. The van der Waals surface area contributed by atoms with E-state index in [1.54, 1.807) is 6.92 Å². The molecule has 0 bridgehead atoms. The molecule has 0 aromatic rings. The Hall–Kier alpha value is -1.15. The summed E-state index contributed by atoms with van der Waals surface area (Å²) in [4.78, 5) is 11.2. The number of carbonyl (C=O) groups excluding carboxylic acids is 1. The molecule has 0 amide bonds. The second-order valence-electron chi connectivity index (χ2n) is 7.78. The van der Waals surface area contributed by atoms with Gasteiger partial charge in [-0.2, -0.15) is 0 Å². The molecule has 0 atom stereocenters. The van der Waals surface area contributed by atoms with Crippen LogP contribution in [0.15, 0.2) is 12.2 Å². The molecule has 11 nitrogen and oxygen atoms in total. The topological polar surface area (TPSA) is 109 Å². The van der Waals surface area contributed by atoms with Gasteiger partial charge in [0.1, 0.15) is 6.61 Å². The monoisotopic (exact) mass is 538 g/mol. The fourth-order valence-electron chi connectivity index (χ4n) is 2.42. The van der Waals surface area contributed by atoms with Gasteiger partial charge in [0.15, 0.2) is 0 Å². The van der Waals surface area contributed by atoms with Crippen LogP contribution in [-0.2, 0) is 52.2 Å². The van der Waals surface area contributed by atoms with Gasteiger partial charge in [-0.1, -0.05) is 19.9 Å². The number of hydrogen-bond acceptors (Lipinski definition) is 11. The molecule has 0 radical (unpaired) electrons. The van der Waals surface area contributed by atoms with Crippen molar-refractivity contribution in [2.75, 3.05) is 126 Å². The maximum absolute atomic E-state index is 11.2. The highest BCUT2D eigenvalue weighted by Gasteiger charge is 2.01. The summed E-state index contributed by atoms with van der Waals surface area (Å²) in [6, 6.07) is 0. The van der Waals surface area contributed by atoms with Gasteiger partial charge in [0.25, 0.3) is 0 Å². The van der Waals surface area contributed by atoms with Gasteiger partial charge >= 0.3 is 5.97 Å². The molecule has 0 fully saturated rings. The van der Waals surface area contributed by atoms with Gasteiger partial charge in [-0.05, 0) is 13.3 Å². The van der Waals surface area contributed by atoms with Gasteiger partial charge in [0.2, 0.25) is 0 Å². The molecule has 0 aliphatic carbocycles. The van der Waals surface area contributed by atoms with Gasteiger partial charge in [-0.25, -0.2) is 4.79 Å². The molecule has 0 rings (SSSR count). The van der Waals surface area contributed by atoms with Crippen molar-refractivity contribution in [1.29, 1.82) is 0 Å². The summed E-state index contributed by atoms with van der Waals surface area (Å²) >= 11 is 0. The van der Waals surface area contributed by atoms with Crippen molar-refractivity contribution in [3.63, 3.8) is 0 Å². The van der Waals surface area contributed by atoms with E-state index < -0.39 is 5.97 Å². The van der Waals surface area contributed by atoms with Crippen molar-refractivity contribution in [1.82, 2.24) is 0 Å². The Morgan fingerprint density at radius 2 is 0.703 bits per heavy atom. The standard InChI is InChI=1S/C26H50O11/c1-4-5-6-28-7-8-29-9-10-30-11-12-31-13-14-32-15-16-33-17-18-34-19-20-35-21-22-36-23-24-37-26(27)25(2)3/h2,4-24H2,1,3H3. The van der Waals surface area contributed by atoms with Crippen molar-refractivity contribution in [2.24, 2.45) is 0 Å². The zero-order valence-corrected chi connectivity index (χ0v) is 23.0. The Morgan fingerprint density at radius 1 is 0.459 bits per heavy atom. The molecule has 0 spiro atoms. The largest absolute Gasteiger partial charge is 0.460 e. The number of rotatable bonds is 31. The first-order valence-electron chi connectivity index (χ1n) is 13.2. The van der Waals surface area contributed by atoms with E-state index in [1.165, 1.54) is 0 Å². The van der Waals surface area contributed by atoms with Gasteiger partial charge in [0.05, 0.1) is 112 Å². The van der Waals surface area contributed by atoms with Crippen molar-refractivity contribution >= 4 is 5.97 Å². The van der Waals surface area contributed by atoms with E-state index in [4.69, 9.17) is 47.4 Å². The van der Waals surface area contributed by atoms with Gasteiger partial charge in [-0.3, -0.25) is 0 Å². The number of unbranched alkanes of at least 4 members (excludes halogenated alkanes) is 1. The maximum atomic E-state index is 11.2. The summed E-state index contributed by atoms with van der Waals surface area (Å²) in [6.45, 7) is 16.9. The van der Waals surface area contributed by atoms with Crippen LogP contribution >= 0.6 is 0 Å². The fourth-order valence-corrected chi connectivity index (χ4v) is 2.42. The highest BCUT2D eigenvalue weighted by molar-refractivity contribution is 5.86.